The van der Waals surface area contributed by atoms with Crippen molar-refractivity contribution < 1.29 is 15.0 Å². The fraction of sp³-hybridized carbons (Fsp3) is 0.647. The van der Waals surface area contributed by atoms with Crippen LogP contribution in [0.3, 0.4) is 0 Å². The molecule has 1 saturated heterocycles. The minimum absolute atomic E-state index is 0.122. The molecule has 9 nitrogen and oxygen atoms in total. The zero-order chi connectivity index (χ0) is 18.5. The highest BCUT2D eigenvalue weighted by Crippen LogP contribution is 2.51. The zero-order valence-corrected chi connectivity index (χ0v) is 14.8. The van der Waals surface area contributed by atoms with Crippen LogP contribution in [0.15, 0.2) is 17.3 Å². The second kappa shape index (κ2) is 5.80. The first-order valence-electron chi connectivity index (χ1n) is 8.93. The summed E-state index contributed by atoms with van der Waals surface area (Å²) in [7, 11) is 1.72. The number of hydrogen-bond donors (Lipinski definition) is 2. The minimum Gasteiger partial charge on any atom is -0.465 e. The fourth-order valence-corrected chi connectivity index (χ4v) is 4.72. The molecule has 3 heterocycles. The largest absolute Gasteiger partial charge is 0.465 e. The van der Waals surface area contributed by atoms with E-state index in [1.54, 1.807) is 11.7 Å². The molecule has 9 heteroatoms. The van der Waals surface area contributed by atoms with Crippen molar-refractivity contribution >= 4 is 17.1 Å². The van der Waals surface area contributed by atoms with Crippen LogP contribution in [0.1, 0.15) is 32.1 Å². The van der Waals surface area contributed by atoms with Gasteiger partial charge in [-0.05, 0) is 19.3 Å². The third kappa shape index (κ3) is 2.41. The molecule has 2 aliphatic rings. The van der Waals surface area contributed by atoms with Crippen LogP contribution in [0.5, 0.6) is 0 Å². The fourth-order valence-electron chi connectivity index (χ4n) is 4.72. The first-order chi connectivity index (χ1) is 12.4. The molecule has 140 valence electrons. The highest BCUT2D eigenvalue weighted by atomic mass is 16.4. The Bertz CT molecular complexity index is 914. The van der Waals surface area contributed by atoms with Gasteiger partial charge in [-0.1, -0.05) is 12.8 Å². The van der Waals surface area contributed by atoms with Gasteiger partial charge < -0.3 is 15.1 Å². The Morgan fingerprint density at radius 1 is 1.31 bits per heavy atom. The van der Waals surface area contributed by atoms with E-state index < -0.39 is 17.1 Å². The Labute approximate surface area is 149 Å². The van der Waals surface area contributed by atoms with E-state index in [4.69, 9.17) is 0 Å². The number of likely N-dealkylation sites (tertiary alicyclic amines) is 1. The standard InChI is InChI=1S/C17H23N5O4/c1-20-13-12(8-19-20)14(23)22(11-18-13)10-17(26)6-7-21(15(24)25)9-16(17)4-2-3-5-16/h8,11,26H,2-7,9-10H2,1H3,(H,24,25). The lowest BCUT2D eigenvalue weighted by molar-refractivity contribution is -0.137. The van der Waals surface area contributed by atoms with Crippen molar-refractivity contribution in [1.29, 1.82) is 0 Å². The van der Waals surface area contributed by atoms with E-state index in [0.717, 1.165) is 25.7 Å². The van der Waals surface area contributed by atoms with Crippen molar-refractivity contribution in [3.05, 3.63) is 22.9 Å². The summed E-state index contributed by atoms with van der Waals surface area (Å²) in [4.78, 5) is 29.9. The Balaban J connectivity index is 1.71. The molecular weight excluding hydrogens is 338 g/mol. The van der Waals surface area contributed by atoms with Gasteiger partial charge in [0.2, 0.25) is 0 Å². The van der Waals surface area contributed by atoms with Crippen LogP contribution in [-0.2, 0) is 13.6 Å². The van der Waals surface area contributed by atoms with Crippen LogP contribution in [-0.4, -0.2) is 59.2 Å². The number of rotatable bonds is 2. The van der Waals surface area contributed by atoms with Crippen molar-refractivity contribution in [1.82, 2.24) is 24.2 Å². The van der Waals surface area contributed by atoms with E-state index in [2.05, 4.69) is 10.1 Å². The molecule has 1 amide bonds. The molecule has 2 fully saturated rings. The summed E-state index contributed by atoms with van der Waals surface area (Å²) in [5.74, 6) is 0. The summed E-state index contributed by atoms with van der Waals surface area (Å²) in [6.45, 7) is 0.707. The lowest BCUT2D eigenvalue weighted by Crippen LogP contribution is -2.62. The number of carboxylic acid groups (broad SMARTS) is 1. The van der Waals surface area contributed by atoms with Crippen LogP contribution in [0.4, 0.5) is 4.79 Å². The van der Waals surface area contributed by atoms with Gasteiger partial charge in [-0.15, -0.1) is 0 Å². The molecule has 2 aromatic heterocycles. The van der Waals surface area contributed by atoms with Gasteiger partial charge in [-0.2, -0.15) is 5.10 Å². The molecule has 0 aromatic carbocycles. The first-order valence-corrected chi connectivity index (χ1v) is 8.93. The van der Waals surface area contributed by atoms with Gasteiger partial charge in [0.1, 0.15) is 11.7 Å². The van der Waals surface area contributed by atoms with Crippen LogP contribution >= 0.6 is 0 Å². The van der Waals surface area contributed by atoms with Crippen LogP contribution in [0, 0.1) is 5.41 Å². The van der Waals surface area contributed by atoms with Gasteiger partial charge in [0, 0.05) is 25.6 Å². The topological polar surface area (TPSA) is 113 Å². The van der Waals surface area contributed by atoms with Gasteiger partial charge in [0.05, 0.1) is 18.3 Å². The predicted octanol–water partition coefficient (Wildman–Crippen LogP) is 0.805. The van der Waals surface area contributed by atoms with Gasteiger partial charge in [0.15, 0.2) is 5.65 Å². The second-order valence-electron chi connectivity index (χ2n) is 7.66. The van der Waals surface area contributed by atoms with Gasteiger partial charge >= 0.3 is 6.09 Å². The SMILES string of the molecule is Cn1ncc2c(=O)n(CC3(O)CCN(C(=O)O)CC34CCCC4)cnc21. The predicted molar refractivity (Wildman–Crippen MR) is 92.8 cm³/mol. The first kappa shape index (κ1) is 17.0. The number of aromatic nitrogens is 4. The quantitative estimate of drug-likeness (QED) is 0.818. The maximum atomic E-state index is 12.8. The molecule has 0 bridgehead atoms. The summed E-state index contributed by atoms with van der Waals surface area (Å²) in [5.41, 5.74) is -1.36. The van der Waals surface area contributed by atoms with E-state index in [9.17, 15) is 19.8 Å². The number of aryl methyl sites for hydroxylation is 1. The molecule has 0 radical (unpaired) electrons. The molecule has 1 aliphatic carbocycles. The monoisotopic (exact) mass is 361 g/mol. The number of piperidine rings is 1. The highest BCUT2D eigenvalue weighted by molar-refractivity contribution is 5.72. The average Bonchev–Trinajstić information content (AvgIpc) is 3.22. The van der Waals surface area contributed by atoms with Crippen molar-refractivity contribution in [3.8, 4) is 0 Å². The molecule has 26 heavy (non-hydrogen) atoms. The summed E-state index contributed by atoms with van der Waals surface area (Å²) in [5, 5.41) is 25.4. The van der Waals surface area contributed by atoms with Crippen molar-refractivity contribution in [2.45, 2.75) is 44.2 Å². The number of fused-ring (bicyclic) bond motifs is 1. The Hall–Kier alpha value is -2.42. The lowest BCUT2D eigenvalue weighted by atomic mass is 9.66. The van der Waals surface area contributed by atoms with Crippen molar-refractivity contribution in [2.75, 3.05) is 13.1 Å². The summed E-state index contributed by atoms with van der Waals surface area (Å²) >= 11 is 0. The van der Waals surface area contributed by atoms with Crippen LogP contribution < -0.4 is 5.56 Å². The molecule has 1 saturated carbocycles. The molecule has 1 aliphatic heterocycles. The smallest absolute Gasteiger partial charge is 0.407 e. The average molecular weight is 361 g/mol. The van der Waals surface area contributed by atoms with Crippen LogP contribution in [0.2, 0.25) is 0 Å². The van der Waals surface area contributed by atoms with E-state index in [-0.39, 0.29) is 18.6 Å². The molecular formula is C17H23N5O4. The van der Waals surface area contributed by atoms with Crippen molar-refractivity contribution in [3.63, 3.8) is 0 Å². The highest BCUT2D eigenvalue weighted by Gasteiger charge is 2.55. The van der Waals surface area contributed by atoms with Gasteiger partial charge in [-0.3, -0.25) is 14.0 Å². The number of nitrogens with zero attached hydrogens (tertiary/aromatic N) is 5. The molecule has 1 unspecified atom stereocenters. The lowest BCUT2D eigenvalue weighted by Gasteiger charge is -2.51. The molecule has 1 spiro atoms. The summed E-state index contributed by atoms with van der Waals surface area (Å²) in [6.07, 6.45) is 5.77. The van der Waals surface area contributed by atoms with Crippen molar-refractivity contribution in [2.24, 2.45) is 12.5 Å². The Morgan fingerprint density at radius 2 is 2.04 bits per heavy atom. The van der Waals surface area contributed by atoms with E-state index in [1.165, 1.54) is 22.0 Å². The third-order valence-corrected chi connectivity index (χ3v) is 6.26. The third-order valence-electron chi connectivity index (χ3n) is 6.26. The summed E-state index contributed by atoms with van der Waals surface area (Å²) < 4.78 is 2.99. The maximum absolute atomic E-state index is 12.8. The molecule has 1 atom stereocenters. The van der Waals surface area contributed by atoms with E-state index >= 15 is 0 Å². The molecule has 2 aromatic rings. The molecule has 4 rings (SSSR count). The van der Waals surface area contributed by atoms with Gasteiger partial charge in [-0.25, -0.2) is 9.78 Å². The number of carbonyl (C=O) groups is 1. The Kier molecular flexibility index (Phi) is 3.80. The van der Waals surface area contributed by atoms with Crippen LogP contribution in [0.25, 0.3) is 11.0 Å². The van der Waals surface area contributed by atoms with Gasteiger partial charge in [0.25, 0.3) is 5.56 Å². The second-order valence-corrected chi connectivity index (χ2v) is 7.66. The zero-order valence-electron chi connectivity index (χ0n) is 14.8. The number of aliphatic hydroxyl groups is 1. The maximum Gasteiger partial charge on any atom is 0.407 e. The number of hydrogen-bond acceptors (Lipinski definition) is 5. The summed E-state index contributed by atoms with van der Waals surface area (Å²) in [6, 6.07) is 0. The Morgan fingerprint density at radius 3 is 2.73 bits per heavy atom. The van der Waals surface area contributed by atoms with E-state index in [0.29, 0.717) is 24.0 Å². The number of amides is 1. The normalized spacial score (nSPS) is 25.2. The van der Waals surface area contributed by atoms with E-state index in [1.807, 2.05) is 0 Å². The molecule has 2 N–H and O–H groups in total. The minimum atomic E-state index is -1.13.